The molecule has 0 aliphatic carbocycles. The normalized spacial score (nSPS) is 10.8. The molecule has 0 amide bonds. The number of anilines is 1. The van der Waals surface area contributed by atoms with E-state index < -0.39 is 0 Å². The van der Waals surface area contributed by atoms with Crippen molar-refractivity contribution in [2.24, 2.45) is 5.10 Å². The first-order valence-corrected chi connectivity index (χ1v) is 8.82. The molecule has 0 unspecified atom stereocenters. The van der Waals surface area contributed by atoms with Crippen LogP contribution in [-0.2, 0) is 0 Å². The summed E-state index contributed by atoms with van der Waals surface area (Å²) in [5.41, 5.74) is 5.38. The highest BCUT2D eigenvalue weighted by molar-refractivity contribution is 5.99. The van der Waals surface area contributed by atoms with Crippen LogP contribution < -0.4 is 14.9 Å². The first-order valence-electron chi connectivity index (χ1n) is 8.82. The minimum Gasteiger partial charge on any atom is -0.490 e. The Balaban J connectivity index is 1.45. The lowest BCUT2D eigenvalue weighted by Gasteiger charge is -2.09. The van der Waals surface area contributed by atoms with Crippen LogP contribution in [0.5, 0.6) is 11.5 Å². The fourth-order valence-electron chi connectivity index (χ4n) is 2.37. The summed E-state index contributed by atoms with van der Waals surface area (Å²) in [7, 11) is 0. The van der Waals surface area contributed by atoms with Crippen molar-refractivity contribution in [2.45, 2.75) is 6.92 Å². The predicted octanol–water partition coefficient (Wildman–Crippen LogP) is 4.25. The zero-order valence-electron chi connectivity index (χ0n) is 15.5. The highest BCUT2D eigenvalue weighted by atomic mass is 16.5. The average molecular weight is 372 g/mol. The summed E-state index contributed by atoms with van der Waals surface area (Å²) in [5, 5.41) is 13.1. The summed E-state index contributed by atoms with van der Waals surface area (Å²) < 4.78 is 11.3. The Morgan fingerprint density at radius 1 is 0.964 bits per heavy atom. The van der Waals surface area contributed by atoms with Crippen molar-refractivity contribution in [1.82, 2.24) is 4.98 Å². The van der Waals surface area contributed by atoms with Gasteiger partial charge in [0.05, 0.1) is 17.3 Å². The van der Waals surface area contributed by atoms with E-state index in [1.165, 1.54) is 0 Å². The van der Waals surface area contributed by atoms with Gasteiger partial charge in [-0.25, -0.2) is 4.98 Å². The van der Waals surface area contributed by atoms with E-state index in [1.54, 1.807) is 30.5 Å². The molecule has 0 saturated carbocycles. The SMILES string of the molecule is CC(=NNc1ccccn1)c1ccc(OCCOc2ccc(C#N)cc2)cc1. The van der Waals surface area contributed by atoms with Crippen molar-refractivity contribution in [1.29, 1.82) is 5.26 Å². The molecule has 3 aromatic rings. The van der Waals surface area contributed by atoms with E-state index in [2.05, 4.69) is 21.6 Å². The number of nitriles is 1. The van der Waals surface area contributed by atoms with E-state index in [0.717, 1.165) is 17.0 Å². The van der Waals surface area contributed by atoms with E-state index in [-0.39, 0.29) is 0 Å². The van der Waals surface area contributed by atoms with Crippen LogP contribution in [0, 0.1) is 11.3 Å². The van der Waals surface area contributed by atoms with Crippen LogP contribution >= 0.6 is 0 Å². The maximum absolute atomic E-state index is 8.78. The lowest BCUT2D eigenvalue weighted by Crippen LogP contribution is -2.09. The van der Waals surface area contributed by atoms with Crippen LogP contribution in [0.1, 0.15) is 18.1 Å². The van der Waals surface area contributed by atoms with Crippen LogP contribution in [0.4, 0.5) is 5.82 Å². The maximum Gasteiger partial charge on any atom is 0.146 e. The third-order valence-electron chi connectivity index (χ3n) is 3.88. The Morgan fingerprint density at radius 2 is 1.61 bits per heavy atom. The van der Waals surface area contributed by atoms with E-state index in [1.807, 2.05) is 49.4 Å². The molecule has 0 radical (unpaired) electrons. The number of aromatic nitrogens is 1. The molecule has 0 bridgehead atoms. The number of rotatable bonds is 8. The smallest absolute Gasteiger partial charge is 0.146 e. The van der Waals surface area contributed by atoms with Gasteiger partial charge in [0, 0.05) is 6.20 Å². The third-order valence-corrected chi connectivity index (χ3v) is 3.88. The van der Waals surface area contributed by atoms with Crippen LogP contribution in [0.3, 0.4) is 0 Å². The van der Waals surface area contributed by atoms with E-state index in [9.17, 15) is 0 Å². The molecule has 6 nitrogen and oxygen atoms in total. The topological polar surface area (TPSA) is 79.5 Å². The molecule has 1 heterocycles. The number of nitrogens with one attached hydrogen (secondary N) is 1. The van der Waals surface area contributed by atoms with Gasteiger partial charge in [-0.2, -0.15) is 10.4 Å². The summed E-state index contributed by atoms with van der Waals surface area (Å²) in [4.78, 5) is 4.17. The lowest BCUT2D eigenvalue weighted by molar-refractivity contribution is 0.217. The predicted molar refractivity (Wildman–Crippen MR) is 109 cm³/mol. The molecule has 0 aliphatic heterocycles. The van der Waals surface area contributed by atoms with Crippen molar-refractivity contribution < 1.29 is 9.47 Å². The first-order chi connectivity index (χ1) is 13.7. The summed E-state index contributed by atoms with van der Waals surface area (Å²) in [6.07, 6.45) is 1.71. The average Bonchev–Trinajstić information content (AvgIpc) is 2.76. The van der Waals surface area contributed by atoms with E-state index in [0.29, 0.717) is 30.3 Å². The fraction of sp³-hybridized carbons (Fsp3) is 0.136. The van der Waals surface area contributed by atoms with Crippen LogP contribution in [0.2, 0.25) is 0 Å². The molecule has 1 N–H and O–H groups in total. The molecule has 6 heteroatoms. The largest absolute Gasteiger partial charge is 0.490 e. The van der Waals surface area contributed by atoms with Gasteiger partial charge in [-0.3, -0.25) is 5.43 Å². The molecule has 0 atom stereocenters. The molecule has 0 spiro atoms. The van der Waals surface area contributed by atoms with Gasteiger partial charge in [-0.1, -0.05) is 6.07 Å². The van der Waals surface area contributed by atoms with Gasteiger partial charge < -0.3 is 9.47 Å². The van der Waals surface area contributed by atoms with Gasteiger partial charge >= 0.3 is 0 Å². The summed E-state index contributed by atoms with van der Waals surface area (Å²) in [6.45, 7) is 2.77. The Kier molecular flexibility index (Phi) is 6.58. The van der Waals surface area contributed by atoms with Gasteiger partial charge in [0.2, 0.25) is 0 Å². The van der Waals surface area contributed by atoms with Gasteiger partial charge in [-0.05, 0) is 73.2 Å². The molecule has 3 rings (SSSR count). The lowest BCUT2D eigenvalue weighted by atomic mass is 10.1. The minimum absolute atomic E-state index is 0.419. The van der Waals surface area contributed by atoms with Crippen LogP contribution in [-0.4, -0.2) is 23.9 Å². The van der Waals surface area contributed by atoms with E-state index >= 15 is 0 Å². The highest BCUT2D eigenvalue weighted by Gasteiger charge is 2.00. The minimum atomic E-state index is 0.419. The van der Waals surface area contributed by atoms with Crippen molar-refractivity contribution in [3.63, 3.8) is 0 Å². The standard InChI is InChI=1S/C22H20N4O2/c1-17(25-26-22-4-2-3-13-24-22)19-7-11-21(12-8-19)28-15-14-27-20-9-5-18(16-23)6-10-20/h2-13H,14-15H2,1H3,(H,24,26). The number of benzene rings is 2. The summed E-state index contributed by atoms with van der Waals surface area (Å²) >= 11 is 0. The number of hydrazone groups is 1. The second-order valence-electron chi connectivity index (χ2n) is 5.88. The molecule has 140 valence electrons. The quantitative estimate of drug-likeness (QED) is 0.363. The van der Waals surface area contributed by atoms with Gasteiger partial charge in [0.25, 0.3) is 0 Å². The third kappa shape index (κ3) is 5.58. The van der Waals surface area contributed by atoms with Crippen molar-refractivity contribution >= 4 is 11.5 Å². The Bertz CT molecular complexity index is 947. The number of nitrogens with zero attached hydrogens (tertiary/aromatic N) is 3. The molecule has 2 aromatic carbocycles. The highest BCUT2D eigenvalue weighted by Crippen LogP contribution is 2.14. The zero-order chi connectivity index (χ0) is 19.6. The Morgan fingerprint density at radius 3 is 2.18 bits per heavy atom. The van der Waals surface area contributed by atoms with Crippen molar-refractivity contribution in [2.75, 3.05) is 18.6 Å². The second-order valence-corrected chi connectivity index (χ2v) is 5.88. The number of ether oxygens (including phenoxy) is 2. The van der Waals surface area contributed by atoms with Gasteiger partial charge in [-0.15, -0.1) is 0 Å². The molecule has 1 aromatic heterocycles. The monoisotopic (exact) mass is 372 g/mol. The Labute approximate surface area is 164 Å². The number of hydrogen-bond donors (Lipinski definition) is 1. The van der Waals surface area contributed by atoms with Crippen molar-refractivity contribution in [3.8, 4) is 17.6 Å². The fourth-order valence-corrected chi connectivity index (χ4v) is 2.37. The number of hydrogen-bond acceptors (Lipinski definition) is 6. The molecule has 28 heavy (non-hydrogen) atoms. The van der Waals surface area contributed by atoms with Crippen LogP contribution in [0.15, 0.2) is 78.0 Å². The number of pyridine rings is 1. The van der Waals surface area contributed by atoms with E-state index in [4.69, 9.17) is 14.7 Å². The zero-order valence-corrected chi connectivity index (χ0v) is 15.5. The van der Waals surface area contributed by atoms with Gasteiger partial charge in [0.15, 0.2) is 0 Å². The molecule has 0 saturated heterocycles. The molecular formula is C22H20N4O2. The molecule has 0 fully saturated rings. The first kappa shape index (κ1) is 18.9. The second kappa shape index (κ2) is 9.74. The molecule has 0 aliphatic rings. The van der Waals surface area contributed by atoms with Crippen LogP contribution in [0.25, 0.3) is 0 Å². The molecular weight excluding hydrogens is 352 g/mol. The van der Waals surface area contributed by atoms with Gasteiger partial charge in [0.1, 0.15) is 30.5 Å². The maximum atomic E-state index is 8.78. The Hall–Kier alpha value is -3.85. The summed E-state index contributed by atoms with van der Waals surface area (Å²) in [5.74, 6) is 2.17. The summed E-state index contributed by atoms with van der Waals surface area (Å²) in [6, 6.07) is 22.4. The van der Waals surface area contributed by atoms with Crippen molar-refractivity contribution in [3.05, 3.63) is 84.1 Å².